The number of pyridine rings is 2. The minimum Gasteiger partial charge on any atom is -0.395 e. The molecule has 144 valence electrons. The number of nitrogens with zero attached hydrogens (tertiary/aromatic N) is 3. The summed E-state index contributed by atoms with van der Waals surface area (Å²) in [5, 5.41) is 24.5. The highest BCUT2D eigenvalue weighted by molar-refractivity contribution is 6.04. The molecule has 1 saturated heterocycles. The van der Waals surface area contributed by atoms with Crippen molar-refractivity contribution in [3.8, 4) is 12.3 Å². The van der Waals surface area contributed by atoms with Crippen LogP contribution < -0.4 is 15.5 Å². The van der Waals surface area contributed by atoms with Gasteiger partial charge in [-0.2, -0.15) is 0 Å². The monoisotopic (exact) mass is 381 g/mol. The first-order valence-electron chi connectivity index (χ1n) is 8.57. The van der Waals surface area contributed by atoms with Crippen LogP contribution in [0.5, 0.6) is 0 Å². The molecule has 0 aliphatic carbocycles. The number of rotatable bonds is 6. The maximum absolute atomic E-state index is 12.4. The van der Waals surface area contributed by atoms with E-state index in [4.69, 9.17) is 11.5 Å². The first-order chi connectivity index (χ1) is 13.5. The third-order valence-corrected chi connectivity index (χ3v) is 4.27. The Labute approximate surface area is 161 Å². The van der Waals surface area contributed by atoms with E-state index in [-0.39, 0.29) is 25.5 Å². The van der Waals surface area contributed by atoms with Gasteiger partial charge in [0.05, 0.1) is 6.61 Å². The van der Waals surface area contributed by atoms with Crippen molar-refractivity contribution in [2.75, 3.05) is 29.9 Å². The van der Waals surface area contributed by atoms with Crippen LogP contribution in [0.2, 0.25) is 0 Å². The minimum absolute atomic E-state index is 0.150. The van der Waals surface area contributed by atoms with Crippen molar-refractivity contribution in [2.45, 2.75) is 12.0 Å². The molecule has 4 N–H and O–H groups in total. The molecular formula is C19H19N5O4. The lowest BCUT2D eigenvalue weighted by Gasteiger charge is -2.18. The zero-order valence-electron chi connectivity index (χ0n) is 14.9. The lowest BCUT2D eigenvalue weighted by atomic mass is 10.0. The van der Waals surface area contributed by atoms with Gasteiger partial charge >= 0.3 is 0 Å². The Kier molecular flexibility index (Phi) is 5.54. The first-order valence-corrected chi connectivity index (χ1v) is 8.57. The van der Waals surface area contributed by atoms with Crippen LogP contribution in [-0.2, 0) is 4.79 Å². The van der Waals surface area contributed by atoms with Crippen LogP contribution in [0.3, 0.4) is 0 Å². The highest BCUT2D eigenvalue weighted by Crippen LogP contribution is 2.29. The normalized spacial score (nSPS) is 18.6. The predicted octanol–water partition coefficient (Wildman–Crippen LogP) is 0.0433. The van der Waals surface area contributed by atoms with Crippen LogP contribution in [0, 0.1) is 12.3 Å². The molecule has 1 aliphatic heterocycles. The number of carbonyl (C=O) groups is 2. The van der Waals surface area contributed by atoms with Gasteiger partial charge in [0.25, 0.3) is 11.8 Å². The molecule has 9 nitrogen and oxygen atoms in total. The number of hydrogen-bond acceptors (Lipinski definition) is 7. The molecule has 1 atom stereocenters. The molecule has 0 radical (unpaired) electrons. The summed E-state index contributed by atoms with van der Waals surface area (Å²) in [6.07, 6.45) is 8.40. The SMILES string of the molecule is C#C[C@@]1(O)CCN(c2ccnc(Nc3cc(C(=O)NCCO)ccn3)c2)C1=O. The van der Waals surface area contributed by atoms with Crippen molar-refractivity contribution >= 4 is 29.1 Å². The fourth-order valence-corrected chi connectivity index (χ4v) is 2.78. The molecule has 2 aromatic heterocycles. The molecule has 2 aromatic rings. The van der Waals surface area contributed by atoms with Gasteiger partial charge in [-0.1, -0.05) is 5.92 Å². The fraction of sp³-hybridized carbons (Fsp3) is 0.263. The number of terminal acetylenes is 1. The average molecular weight is 381 g/mol. The minimum atomic E-state index is -1.78. The lowest BCUT2D eigenvalue weighted by molar-refractivity contribution is -0.128. The largest absolute Gasteiger partial charge is 0.395 e. The average Bonchev–Trinajstić information content (AvgIpc) is 3.02. The van der Waals surface area contributed by atoms with Crippen molar-refractivity contribution in [1.29, 1.82) is 0 Å². The second-order valence-electron chi connectivity index (χ2n) is 6.14. The fourth-order valence-electron chi connectivity index (χ4n) is 2.78. The zero-order valence-corrected chi connectivity index (χ0v) is 14.9. The maximum Gasteiger partial charge on any atom is 0.271 e. The number of nitrogens with one attached hydrogen (secondary N) is 2. The molecule has 1 fully saturated rings. The molecule has 3 rings (SSSR count). The summed E-state index contributed by atoms with van der Waals surface area (Å²) in [4.78, 5) is 34.1. The summed E-state index contributed by atoms with van der Waals surface area (Å²) in [7, 11) is 0. The van der Waals surface area contributed by atoms with Gasteiger partial charge in [0.2, 0.25) is 5.60 Å². The Morgan fingerprint density at radius 3 is 2.68 bits per heavy atom. The van der Waals surface area contributed by atoms with Crippen LogP contribution in [0.1, 0.15) is 16.8 Å². The molecule has 2 amide bonds. The van der Waals surface area contributed by atoms with Crippen molar-refractivity contribution in [3.05, 3.63) is 42.2 Å². The standard InChI is InChI=1S/C19H19N5O4/c1-2-19(28)5-9-24(18(19)27)14-4-7-21-16(12-14)23-15-11-13(3-6-20-15)17(26)22-8-10-25/h1,3-4,6-7,11-12,25,28H,5,8-10H2,(H,22,26)(H,20,21,23)/t19-/m1/s1. The Morgan fingerprint density at radius 2 is 2.00 bits per heavy atom. The van der Waals surface area contributed by atoms with E-state index >= 15 is 0 Å². The summed E-state index contributed by atoms with van der Waals surface area (Å²) in [5.74, 6) is 2.05. The smallest absolute Gasteiger partial charge is 0.271 e. The Hall–Kier alpha value is -3.48. The van der Waals surface area contributed by atoms with E-state index in [0.717, 1.165) is 0 Å². The third kappa shape index (κ3) is 3.93. The van der Waals surface area contributed by atoms with E-state index in [0.29, 0.717) is 29.4 Å². The van der Waals surface area contributed by atoms with Gasteiger partial charge in [-0.3, -0.25) is 9.59 Å². The van der Waals surface area contributed by atoms with Gasteiger partial charge in [-0.15, -0.1) is 6.42 Å². The highest BCUT2D eigenvalue weighted by Gasteiger charge is 2.44. The predicted molar refractivity (Wildman–Crippen MR) is 102 cm³/mol. The van der Waals surface area contributed by atoms with E-state index in [1.807, 2.05) is 0 Å². The topological polar surface area (TPSA) is 128 Å². The summed E-state index contributed by atoms with van der Waals surface area (Å²) >= 11 is 0. The number of carbonyl (C=O) groups excluding carboxylic acids is 2. The number of aliphatic hydroxyl groups is 2. The second kappa shape index (κ2) is 8.04. The van der Waals surface area contributed by atoms with Crippen molar-refractivity contribution in [2.24, 2.45) is 0 Å². The third-order valence-electron chi connectivity index (χ3n) is 4.27. The first kappa shape index (κ1) is 19.3. The molecule has 3 heterocycles. The Bertz CT molecular complexity index is 942. The molecule has 0 unspecified atom stereocenters. The van der Waals surface area contributed by atoms with Gasteiger partial charge in [0.1, 0.15) is 11.6 Å². The van der Waals surface area contributed by atoms with Crippen molar-refractivity contribution < 1.29 is 19.8 Å². The Balaban J connectivity index is 1.76. The number of anilines is 3. The van der Waals surface area contributed by atoms with E-state index in [2.05, 4.69) is 26.5 Å². The van der Waals surface area contributed by atoms with Crippen molar-refractivity contribution in [3.63, 3.8) is 0 Å². The van der Waals surface area contributed by atoms with Gasteiger partial charge in [-0.25, -0.2) is 9.97 Å². The number of amides is 2. The molecule has 0 saturated carbocycles. The second-order valence-corrected chi connectivity index (χ2v) is 6.14. The van der Waals surface area contributed by atoms with Crippen LogP contribution in [0.4, 0.5) is 17.3 Å². The van der Waals surface area contributed by atoms with Crippen LogP contribution in [-0.4, -0.2) is 57.3 Å². The van der Waals surface area contributed by atoms with E-state index < -0.39 is 11.5 Å². The van der Waals surface area contributed by atoms with E-state index in [1.165, 1.54) is 17.3 Å². The van der Waals surface area contributed by atoms with Crippen LogP contribution >= 0.6 is 0 Å². The summed E-state index contributed by atoms with van der Waals surface area (Å²) in [6, 6.07) is 6.35. The molecule has 28 heavy (non-hydrogen) atoms. The van der Waals surface area contributed by atoms with E-state index in [1.54, 1.807) is 24.3 Å². The quantitative estimate of drug-likeness (QED) is 0.520. The molecule has 0 spiro atoms. The summed E-state index contributed by atoms with van der Waals surface area (Å²) in [6.45, 7) is 0.297. The number of aliphatic hydroxyl groups excluding tert-OH is 1. The summed E-state index contributed by atoms with van der Waals surface area (Å²) in [5.41, 5.74) is -0.879. The number of aromatic nitrogens is 2. The van der Waals surface area contributed by atoms with E-state index in [9.17, 15) is 14.7 Å². The lowest BCUT2D eigenvalue weighted by Crippen LogP contribution is -2.38. The van der Waals surface area contributed by atoms with Gasteiger partial charge in [-0.05, 0) is 18.2 Å². The molecule has 9 heteroatoms. The molecule has 0 aromatic carbocycles. The van der Waals surface area contributed by atoms with Crippen molar-refractivity contribution in [1.82, 2.24) is 15.3 Å². The highest BCUT2D eigenvalue weighted by atomic mass is 16.3. The maximum atomic E-state index is 12.4. The molecule has 0 bridgehead atoms. The molecule has 1 aliphatic rings. The van der Waals surface area contributed by atoms with Gasteiger partial charge < -0.3 is 25.7 Å². The molecular weight excluding hydrogens is 362 g/mol. The van der Waals surface area contributed by atoms with Gasteiger partial charge in [0, 0.05) is 49.2 Å². The van der Waals surface area contributed by atoms with Gasteiger partial charge in [0.15, 0.2) is 0 Å². The van der Waals surface area contributed by atoms with Crippen LogP contribution in [0.25, 0.3) is 0 Å². The summed E-state index contributed by atoms with van der Waals surface area (Å²) < 4.78 is 0. The number of hydrogen-bond donors (Lipinski definition) is 4. The van der Waals surface area contributed by atoms with Crippen LogP contribution in [0.15, 0.2) is 36.7 Å². The Morgan fingerprint density at radius 1 is 1.29 bits per heavy atom. The zero-order chi connectivity index (χ0) is 20.1.